The summed E-state index contributed by atoms with van der Waals surface area (Å²) >= 11 is 0. The molecule has 0 aromatic carbocycles. The van der Waals surface area contributed by atoms with Crippen molar-refractivity contribution in [2.45, 2.75) is 26.7 Å². The van der Waals surface area contributed by atoms with E-state index in [-0.39, 0.29) is 0 Å². The van der Waals surface area contributed by atoms with Gasteiger partial charge in [-0.2, -0.15) is 5.10 Å². The van der Waals surface area contributed by atoms with Crippen LogP contribution in [0.3, 0.4) is 0 Å². The summed E-state index contributed by atoms with van der Waals surface area (Å²) in [5.41, 5.74) is 2.94. The number of unbranched alkanes of at least 4 members (excludes halogenated alkanes) is 1. The van der Waals surface area contributed by atoms with Crippen LogP contribution in [0, 0.1) is 0 Å². The number of nitrogens with zero attached hydrogens (tertiary/aromatic N) is 2. The van der Waals surface area contributed by atoms with Crippen LogP contribution in [0.4, 0.5) is 0 Å². The van der Waals surface area contributed by atoms with Crippen LogP contribution in [0.2, 0.25) is 0 Å². The largest absolute Gasteiger partial charge is 0.340 e. The van der Waals surface area contributed by atoms with E-state index in [1.165, 1.54) is 12.8 Å². The van der Waals surface area contributed by atoms with Crippen molar-refractivity contribution in [3.63, 3.8) is 0 Å². The molecule has 1 rings (SSSR count). The topological polar surface area (TPSA) is 27.6 Å². The van der Waals surface area contributed by atoms with E-state index in [2.05, 4.69) is 22.4 Å². The lowest BCUT2D eigenvalue weighted by Crippen LogP contribution is -2.28. The van der Waals surface area contributed by atoms with Crippen LogP contribution in [-0.2, 0) is 0 Å². The highest BCUT2D eigenvalue weighted by atomic mass is 15.5. The lowest BCUT2D eigenvalue weighted by molar-refractivity contribution is 0.412. The molecule has 58 valence electrons. The summed E-state index contributed by atoms with van der Waals surface area (Å²) in [4.78, 5) is 2.25. The quantitative estimate of drug-likeness (QED) is 0.634. The van der Waals surface area contributed by atoms with Crippen LogP contribution in [0.5, 0.6) is 0 Å². The van der Waals surface area contributed by atoms with E-state index in [1.54, 1.807) is 0 Å². The van der Waals surface area contributed by atoms with Gasteiger partial charge in [0.25, 0.3) is 0 Å². The molecule has 0 aliphatic carbocycles. The van der Waals surface area contributed by atoms with E-state index in [1.807, 2.05) is 6.92 Å². The first-order valence-corrected chi connectivity index (χ1v) is 3.86. The molecule has 0 atom stereocenters. The first-order valence-electron chi connectivity index (χ1n) is 3.86. The average molecular weight is 141 g/mol. The lowest BCUT2D eigenvalue weighted by Gasteiger charge is -2.15. The van der Waals surface area contributed by atoms with Gasteiger partial charge in [0.05, 0.1) is 0 Å². The molecule has 1 aliphatic rings. The van der Waals surface area contributed by atoms with Crippen molar-refractivity contribution in [1.82, 2.24) is 10.3 Å². The number of hydrogen-bond donors (Lipinski definition) is 1. The first-order chi connectivity index (χ1) is 4.84. The SMILES string of the molecule is CCCCN1CNN=C1C. The second-order valence-electron chi connectivity index (χ2n) is 2.59. The molecule has 10 heavy (non-hydrogen) atoms. The molecule has 0 saturated carbocycles. The Hall–Kier alpha value is -0.730. The summed E-state index contributed by atoms with van der Waals surface area (Å²) in [6.07, 6.45) is 2.51. The van der Waals surface area contributed by atoms with Crippen molar-refractivity contribution in [2.75, 3.05) is 13.2 Å². The summed E-state index contributed by atoms with van der Waals surface area (Å²) in [5.74, 6) is 1.12. The third-order valence-corrected chi connectivity index (χ3v) is 1.74. The van der Waals surface area contributed by atoms with Crippen LogP contribution in [0.1, 0.15) is 26.7 Å². The van der Waals surface area contributed by atoms with Crippen molar-refractivity contribution in [3.05, 3.63) is 0 Å². The van der Waals surface area contributed by atoms with Crippen molar-refractivity contribution < 1.29 is 0 Å². The number of rotatable bonds is 3. The van der Waals surface area contributed by atoms with Gasteiger partial charge in [-0.15, -0.1) is 0 Å². The molecule has 0 fully saturated rings. The predicted molar refractivity (Wildman–Crippen MR) is 42.7 cm³/mol. The third kappa shape index (κ3) is 1.62. The Balaban J connectivity index is 2.22. The molecule has 3 nitrogen and oxygen atoms in total. The Labute approximate surface area is 62.1 Å². The molecular formula is C7H15N3. The van der Waals surface area contributed by atoms with Crippen molar-refractivity contribution in [1.29, 1.82) is 0 Å². The minimum absolute atomic E-state index is 0.895. The van der Waals surface area contributed by atoms with E-state index >= 15 is 0 Å². The summed E-state index contributed by atoms with van der Waals surface area (Å²) in [6, 6.07) is 0. The third-order valence-electron chi connectivity index (χ3n) is 1.74. The van der Waals surface area contributed by atoms with Crippen LogP contribution in [-0.4, -0.2) is 23.9 Å². The molecule has 0 radical (unpaired) electrons. The van der Waals surface area contributed by atoms with Crippen LogP contribution < -0.4 is 5.43 Å². The van der Waals surface area contributed by atoms with Gasteiger partial charge >= 0.3 is 0 Å². The normalized spacial score (nSPS) is 17.0. The summed E-state index contributed by atoms with van der Waals surface area (Å²) in [7, 11) is 0. The lowest BCUT2D eigenvalue weighted by atomic mass is 10.3. The number of nitrogens with one attached hydrogen (secondary N) is 1. The number of amidine groups is 1. The smallest absolute Gasteiger partial charge is 0.123 e. The highest BCUT2D eigenvalue weighted by Crippen LogP contribution is 1.99. The molecule has 0 amide bonds. The Kier molecular flexibility index (Phi) is 2.54. The van der Waals surface area contributed by atoms with Crippen LogP contribution in [0.15, 0.2) is 5.10 Å². The maximum atomic E-state index is 4.06. The number of hydrazone groups is 1. The van der Waals surface area contributed by atoms with E-state index in [9.17, 15) is 0 Å². The van der Waals surface area contributed by atoms with Crippen molar-refractivity contribution in [3.8, 4) is 0 Å². The molecule has 0 unspecified atom stereocenters. The summed E-state index contributed by atoms with van der Waals surface area (Å²) < 4.78 is 0. The van der Waals surface area contributed by atoms with Gasteiger partial charge in [-0.05, 0) is 13.3 Å². The van der Waals surface area contributed by atoms with Gasteiger partial charge < -0.3 is 4.90 Å². The highest BCUT2D eigenvalue weighted by molar-refractivity contribution is 5.80. The Morgan fingerprint density at radius 2 is 2.50 bits per heavy atom. The fourth-order valence-corrected chi connectivity index (χ4v) is 1.01. The fourth-order valence-electron chi connectivity index (χ4n) is 1.01. The molecule has 0 aromatic heterocycles. The monoisotopic (exact) mass is 141 g/mol. The molecule has 1 N–H and O–H groups in total. The second-order valence-corrected chi connectivity index (χ2v) is 2.59. The molecule has 0 bridgehead atoms. The average Bonchev–Trinajstić information content (AvgIpc) is 2.31. The predicted octanol–water partition coefficient (Wildman–Crippen LogP) is 0.983. The molecule has 0 saturated heterocycles. The summed E-state index contributed by atoms with van der Waals surface area (Å²) in [5, 5.41) is 4.06. The first kappa shape index (κ1) is 7.38. The van der Waals surface area contributed by atoms with Crippen LogP contribution in [0.25, 0.3) is 0 Å². The zero-order valence-corrected chi connectivity index (χ0v) is 6.72. The molecule has 1 heterocycles. The van der Waals surface area contributed by atoms with E-state index in [0.717, 1.165) is 19.0 Å². The van der Waals surface area contributed by atoms with Crippen LogP contribution >= 0.6 is 0 Å². The maximum Gasteiger partial charge on any atom is 0.123 e. The molecular weight excluding hydrogens is 126 g/mol. The van der Waals surface area contributed by atoms with Gasteiger partial charge in [0.2, 0.25) is 0 Å². The van der Waals surface area contributed by atoms with Crippen molar-refractivity contribution >= 4 is 5.84 Å². The zero-order valence-electron chi connectivity index (χ0n) is 6.72. The Morgan fingerprint density at radius 1 is 1.70 bits per heavy atom. The highest BCUT2D eigenvalue weighted by Gasteiger charge is 2.09. The van der Waals surface area contributed by atoms with E-state index in [4.69, 9.17) is 0 Å². The van der Waals surface area contributed by atoms with Gasteiger partial charge in [0.1, 0.15) is 12.5 Å². The van der Waals surface area contributed by atoms with Crippen molar-refractivity contribution in [2.24, 2.45) is 5.10 Å². The minimum Gasteiger partial charge on any atom is -0.340 e. The van der Waals surface area contributed by atoms with Gasteiger partial charge in [-0.3, -0.25) is 5.43 Å². The molecule has 3 heteroatoms. The molecule has 0 spiro atoms. The molecule has 0 aromatic rings. The standard InChI is InChI=1S/C7H15N3/c1-3-4-5-10-6-8-9-7(10)2/h8H,3-6H2,1-2H3. The van der Waals surface area contributed by atoms with E-state index in [0.29, 0.717) is 0 Å². The second kappa shape index (κ2) is 3.44. The maximum absolute atomic E-state index is 4.06. The van der Waals surface area contributed by atoms with Gasteiger partial charge in [-0.1, -0.05) is 13.3 Å². The summed E-state index contributed by atoms with van der Waals surface area (Å²) in [6.45, 7) is 6.27. The zero-order chi connectivity index (χ0) is 7.40. The van der Waals surface area contributed by atoms with Gasteiger partial charge in [0, 0.05) is 6.54 Å². The van der Waals surface area contributed by atoms with Gasteiger partial charge in [-0.25, -0.2) is 0 Å². The Bertz CT molecular complexity index is 131. The number of hydrogen-bond acceptors (Lipinski definition) is 3. The van der Waals surface area contributed by atoms with E-state index < -0.39 is 0 Å². The molecule has 1 aliphatic heterocycles. The Morgan fingerprint density at radius 3 is 3.00 bits per heavy atom. The fraction of sp³-hybridized carbons (Fsp3) is 0.857. The van der Waals surface area contributed by atoms with Gasteiger partial charge in [0.15, 0.2) is 0 Å². The minimum atomic E-state index is 0.895.